The molecule has 2 aliphatic rings. The minimum absolute atomic E-state index is 0.263. The molecule has 1 aliphatic heterocycles. The molecule has 1 amide bonds. The van der Waals surface area contributed by atoms with Crippen molar-refractivity contribution >= 4 is 17.5 Å². The summed E-state index contributed by atoms with van der Waals surface area (Å²) in [4.78, 5) is 17.6. The Labute approximate surface area is 202 Å². The molecule has 2 aromatic rings. The number of halogens is 1. The lowest BCUT2D eigenvalue weighted by Gasteiger charge is -2.30. The van der Waals surface area contributed by atoms with Crippen LogP contribution in [0.2, 0.25) is 5.02 Å². The molecule has 178 valence electrons. The topological polar surface area (TPSA) is 42.0 Å². The summed E-state index contributed by atoms with van der Waals surface area (Å²) in [6, 6.07) is 15.4. The van der Waals surface area contributed by atoms with E-state index in [1.807, 2.05) is 47.4 Å². The Hall–Kier alpha value is -2.08. The van der Waals surface area contributed by atoms with Crippen LogP contribution >= 0.6 is 11.6 Å². The normalized spacial score (nSPS) is 17.2. The van der Waals surface area contributed by atoms with Crippen LogP contribution in [-0.2, 0) is 16.1 Å². The van der Waals surface area contributed by atoms with E-state index in [0.717, 1.165) is 68.8 Å². The SMILES string of the molecule is O=C(CCC1CCCC1)N(CCN1CCOCC1)Cc1cccc(Oc2ccc(Cl)cc2)c1. The molecule has 5 nitrogen and oxygen atoms in total. The van der Waals surface area contributed by atoms with Crippen molar-refractivity contribution in [3.63, 3.8) is 0 Å². The van der Waals surface area contributed by atoms with E-state index in [1.165, 1.54) is 25.7 Å². The monoisotopic (exact) mass is 470 g/mol. The summed E-state index contributed by atoms with van der Waals surface area (Å²) in [5, 5.41) is 0.683. The van der Waals surface area contributed by atoms with Crippen LogP contribution in [0.3, 0.4) is 0 Å². The maximum absolute atomic E-state index is 13.2. The number of benzene rings is 2. The minimum Gasteiger partial charge on any atom is -0.457 e. The van der Waals surface area contributed by atoms with Crippen molar-refractivity contribution in [1.29, 1.82) is 0 Å². The molecular formula is C27H35ClN2O3. The van der Waals surface area contributed by atoms with Crippen LogP contribution < -0.4 is 4.74 Å². The van der Waals surface area contributed by atoms with Crippen molar-refractivity contribution in [2.45, 2.75) is 45.1 Å². The molecule has 2 aromatic carbocycles. The van der Waals surface area contributed by atoms with Gasteiger partial charge in [0.05, 0.1) is 13.2 Å². The zero-order valence-corrected chi connectivity index (χ0v) is 20.1. The Morgan fingerprint density at radius 2 is 1.82 bits per heavy atom. The molecule has 0 spiro atoms. The van der Waals surface area contributed by atoms with Gasteiger partial charge in [-0.15, -0.1) is 0 Å². The first-order chi connectivity index (χ1) is 16.2. The van der Waals surface area contributed by atoms with Gasteiger partial charge in [-0.3, -0.25) is 9.69 Å². The largest absolute Gasteiger partial charge is 0.457 e. The molecule has 0 aromatic heterocycles. The van der Waals surface area contributed by atoms with E-state index in [2.05, 4.69) is 11.0 Å². The van der Waals surface area contributed by atoms with Gasteiger partial charge in [-0.1, -0.05) is 49.4 Å². The number of carbonyl (C=O) groups excluding carboxylic acids is 1. The van der Waals surface area contributed by atoms with E-state index in [0.29, 0.717) is 18.0 Å². The fourth-order valence-electron chi connectivity index (χ4n) is 4.73. The molecule has 1 heterocycles. The Morgan fingerprint density at radius 3 is 2.58 bits per heavy atom. The lowest BCUT2D eigenvalue weighted by molar-refractivity contribution is -0.132. The van der Waals surface area contributed by atoms with Gasteiger partial charge in [-0.05, 0) is 54.3 Å². The number of carbonyl (C=O) groups is 1. The Bertz CT molecular complexity index is 877. The molecule has 6 heteroatoms. The Balaban J connectivity index is 1.39. The summed E-state index contributed by atoms with van der Waals surface area (Å²) >= 11 is 5.98. The third-order valence-electron chi connectivity index (χ3n) is 6.70. The van der Waals surface area contributed by atoms with Gasteiger partial charge in [0.2, 0.25) is 5.91 Å². The molecule has 1 saturated heterocycles. The van der Waals surface area contributed by atoms with Crippen molar-refractivity contribution in [1.82, 2.24) is 9.80 Å². The van der Waals surface area contributed by atoms with Crippen LogP contribution in [0.25, 0.3) is 0 Å². The molecular weight excluding hydrogens is 436 g/mol. The second-order valence-electron chi connectivity index (χ2n) is 9.16. The number of rotatable bonds is 10. The first-order valence-electron chi connectivity index (χ1n) is 12.3. The van der Waals surface area contributed by atoms with Gasteiger partial charge in [0.15, 0.2) is 0 Å². The maximum atomic E-state index is 13.2. The molecule has 4 rings (SSSR count). The van der Waals surface area contributed by atoms with Crippen molar-refractivity contribution in [3.05, 3.63) is 59.1 Å². The average Bonchev–Trinajstić information content (AvgIpc) is 3.36. The van der Waals surface area contributed by atoms with Gasteiger partial charge in [-0.25, -0.2) is 0 Å². The maximum Gasteiger partial charge on any atom is 0.222 e. The highest BCUT2D eigenvalue weighted by Gasteiger charge is 2.21. The average molecular weight is 471 g/mol. The summed E-state index contributed by atoms with van der Waals surface area (Å²) in [6.45, 7) is 5.67. The van der Waals surface area contributed by atoms with Crippen molar-refractivity contribution in [2.75, 3.05) is 39.4 Å². The lowest BCUT2D eigenvalue weighted by Crippen LogP contribution is -2.42. The minimum atomic E-state index is 0.263. The smallest absolute Gasteiger partial charge is 0.222 e. The third kappa shape index (κ3) is 7.73. The van der Waals surface area contributed by atoms with Gasteiger partial charge in [0.1, 0.15) is 11.5 Å². The van der Waals surface area contributed by atoms with Gasteiger partial charge in [0.25, 0.3) is 0 Å². The zero-order chi connectivity index (χ0) is 22.9. The van der Waals surface area contributed by atoms with Crippen LogP contribution in [0.4, 0.5) is 0 Å². The van der Waals surface area contributed by atoms with Crippen molar-refractivity contribution < 1.29 is 14.3 Å². The quantitative estimate of drug-likeness (QED) is 0.442. The number of amides is 1. The summed E-state index contributed by atoms with van der Waals surface area (Å²) in [5.74, 6) is 2.50. The molecule has 1 saturated carbocycles. The molecule has 33 heavy (non-hydrogen) atoms. The van der Waals surface area contributed by atoms with Gasteiger partial charge in [0, 0.05) is 44.2 Å². The molecule has 1 aliphatic carbocycles. The summed E-state index contributed by atoms with van der Waals surface area (Å²) in [6.07, 6.45) is 6.87. The number of morpholine rings is 1. The standard InChI is InChI=1S/C27H35ClN2O3/c28-24-9-11-25(12-10-24)33-26-7-3-6-23(20-26)21-30(15-14-29-16-18-32-19-17-29)27(31)13-8-22-4-1-2-5-22/h3,6-7,9-12,20,22H,1-2,4-5,8,13-19,21H2. The van der Waals surface area contributed by atoms with Crippen molar-refractivity contribution in [2.24, 2.45) is 5.92 Å². The molecule has 2 fully saturated rings. The number of hydrogen-bond donors (Lipinski definition) is 0. The van der Waals surface area contributed by atoms with E-state index in [9.17, 15) is 4.79 Å². The van der Waals surface area contributed by atoms with Crippen LogP contribution in [-0.4, -0.2) is 55.1 Å². The summed E-state index contributed by atoms with van der Waals surface area (Å²) in [5.41, 5.74) is 1.08. The van der Waals surface area contributed by atoms with Crippen LogP contribution in [0.5, 0.6) is 11.5 Å². The van der Waals surface area contributed by atoms with Gasteiger partial charge < -0.3 is 14.4 Å². The zero-order valence-electron chi connectivity index (χ0n) is 19.4. The number of nitrogens with zero attached hydrogens (tertiary/aromatic N) is 2. The first-order valence-corrected chi connectivity index (χ1v) is 12.6. The highest BCUT2D eigenvalue weighted by molar-refractivity contribution is 6.30. The van der Waals surface area contributed by atoms with Gasteiger partial charge in [-0.2, -0.15) is 0 Å². The molecule has 0 radical (unpaired) electrons. The summed E-state index contributed by atoms with van der Waals surface area (Å²) in [7, 11) is 0. The molecule has 0 N–H and O–H groups in total. The van der Waals surface area contributed by atoms with Crippen LogP contribution in [0.1, 0.15) is 44.1 Å². The lowest BCUT2D eigenvalue weighted by atomic mass is 10.0. The fourth-order valence-corrected chi connectivity index (χ4v) is 4.86. The van der Waals surface area contributed by atoms with E-state index in [1.54, 1.807) is 0 Å². The van der Waals surface area contributed by atoms with E-state index in [-0.39, 0.29) is 5.91 Å². The molecule has 0 atom stereocenters. The fraction of sp³-hybridized carbons (Fsp3) is 0.519. The summed E-state index contributed by atoms with van der Waals surface area (Å²) < 4.78 is 11.5. The molecule has 0 unspecified atom stereocenters. The van der Waals surface area contributed by atoms with E-state index in [4.69, 9.17) is 21.1 Å². The predicted octanol–water partition coefficient (Wildman–Crippen LogP) is 5.76. The van der Waals surface area contributed by atoms with E-state index >= 15 is 0 Å². The van der Waals surface area contributed by atoms with Crippen LogP contribution in [0, 0.1) is 5.92 Å². The van der Waals surface area contributed by atoms with Gasteiger partial charge >= 0.3 is 0 Å². The van der Waals surface area contributed by atoms with Crippen LogP contribution in [0.15, 0.2) is 48.5 Å². The Kier molecular flexibility index (Phi) is 9.04. The highest BCUT2D eigenvalue weighted by Crippen LogP contribution is 2.29. The number of hydrogen-bond acceptors (Lipinski definition) is 4. The first kappa shape index (κ1) is 24.1. The van der Waals surface area contributed by atoms with Crippen molar-refractivity contribution in [3.8, 4) is 11.5 Å². The van der Waals surface area contributed by atoms with E-state index < -0.39 is 0 Å². The second-order valence-corrected chi connectivity index (χ2v) is 9.60. The third-order valence-corrected chi connectivity index (χ3v) is 6.96. The second kappa shape index (κ2) is 12.4. The molecule has 0 bridgehead atoms. The Morgan fingerprint density at radius 1 is 1.06 bits per heavy atom. The highest BCUT2D eigenvalue weighted by atomic mass is 35.5. The number of ether oxygens (including phenoxy) is 2. The predicted molar refractivity (Wildman–Crippen MR) is 132 cm³/mol.